The molecule has 1 aromatic heterocycles. The van der Waals surface area contributed by atoms with Gasteiger partial charge in [-0.05, 0) is 51.0 Å². The number of nitrogens with two attached hydrogens (primary N) is 1. The quantitative estimate of drug-likeness (QED) is 0.448. The highest BCUT2D eigenvalue weighted by atomic mass is 19.1. The van der Waals surface area contributed by atoms with E-state index in [-0.39, 0.29) is 22.6 Å². The number of nitriles is 1. The Labute approximate surface area is 177 Å². The predicted octanol–water partition coefficient (Wildman–Crippen LogP) is 3.09. The fourth-order valence-corrected chi connectivity index (χ4v) is 3.71. The lowest BCUT2D eigenvalue weighted by Gasteiger charge is -2.62. The molecule has 3 rings (SSSR count). The number of aryl methyl sites for hydroxylation is 1. The molecule has 30 heavy (non-hydrogen) atoms. The molecule has 1 aliphatic heterocycles. The summed E-state index contributed by atoms with van der Waals surface area (Å²) in [7, 11) is 1.79. The molecule has 0 saturated carbocycles. The van der Waals surface area contributed by atoms with E-state index in [1.165, 1.54) is 16.8 Å². The van der Waals surface area contributed by atoms with Gasteiger partial charge in [-0.15, -0.1) is 0 Å². The Morgan fingerprint density at radius 3 is 2.50 bits per heavy atom. The molecular formula is C22H30FN7. The first kappa shape index (κ1) is 21.6. The van der Waals surface area contributed by atoms with Crippen LogP contribution in [0.5, 0.6) is 0 Å². The van der Waals surface area contributed by atoms with Gasteiger partial charge in [-0.2, -0.15) is 10.4 Å². The maximum Gasteiger partial charge on any atom is 0.194 e. The monoisotopic (exact) mass is 411 g/mol. The number of benzene rings is 1. The van der Waals surface area contributed by atoms with Gasteiger partial charge in [0.25, 0.3) is 0 Å². The molecule has 2 aromatic rings. The summed E-state index contributed by atoms with van der Waals surface area (Å²) in [6.45, 7) is 10.6. The van der Waals surface area contributed by atoms with Crippen molar-refractivity contribution in [2.24, 2.45) is 10.4 Å². The first-order valence-electron chi connectivity index (χ1n) is 10.1. The zero-order chi connectivity index (χ0) is 22.1. The van der Waals surface area contributed by atoms with E-state index in [1.54, 1.807) is 19.2 Å². The van der Waals surface area contributed by atoms with Crippen LogP contribution in [-0.2, 0) is 6.42 Å². The van der Waals surface area contributed by atoms with E-state index < -0.39 is 0 Å². The summed E-state index contributed by atoms with van der Waals surface area (Å²) < 4.78 is 14.7. The number of hydrogen-bond acceptors (Lipinski definition) is 4. The first-order valence-corrected chi connectivity index (χ1v) is 10.1. The second-order valence-electron chi connectivity index (χ2n) is 8.81. The van der Waals surface area contributed by atoms with Gasteiger partial charge in [0, 0.05) is 31.1 Å². The minimum atomic E-state index is -0.335. The molecule has 0 radical (unpaired) electrons. The number of halogens is 1. The van der Waals surface area contributed by atoms with Crippen molar-refractivity contribution in [3.05, 3.63) is 41.3 Å². The van der Waals surface area contributed by atoms with E-state index in [1.807, 2.05) is 0 Å². The molecule has 0 amide bonds. The minimum absolute atomic E-state index is 0.0329. The summed E-state index contributed by atoms with van der Waals surface area (Å²) >= 11 is 0. The molecule has 7 nitrogen and oxygen atoms in total. The molecule has 160 valence electrons. The Bertz CT molecular complexity index is 980. The Balaban J connectivity index is 1.63. The van der Waals surface area contributed by atoms with Crippen molar-refractivity contribution in [3.63, 3.8) is 0 Å². The molecule has 1 aromatic carbocycles. The van der Waals surface area contributed by atoms with Crippen molar-refractivity contribution < 1.29 is 4.39 Å². The van der Waals surface area contributed by atoms with Gasteiger partial charge in [0.15, 0.2) is 5.96 Å². The van der Waals surface area contributed by atoms with Crippen LogP contribution in [0.3, 0.4) is 0 Å². The van der Waals surface area contributed by atoms with Crippen LogP contribution in [0.4, 0.5) is 10.2 Å². The summed E-state index contributed by atoms with van der Waals surface area (Å²) in [5, 5.41) is 17.4. The third-order valence-corrected chi connectivity index (χ3v) is 6.40. The fourth-order valence-electron chi connectivity index (χ4n) is 3.71. The van der Waals surface area contributed by atoms with Crippen molar-refractivity contribution in [1.82, 2.24) is 20.0 Å². The van der Waals surface area contributed by atoms with Gasteiger partial charge in [-0.25, -0.2) is 9.07 Å². The normalized spacial score (nSPS) is 17.4. The van der Waals surface area contributed by atoms with E-state index >= 15 is 0 Å². The van der Waals surface area contributed by atoms with Gasteiger partial charge in [0.2, 0.25) is 0 Å². The van der Waals surface area contributed by atoms with E-state index in [2.05, 4.69) is 54.1 Å². The minimum Gasteiger partial charge on any atom is -0.382 e. The van der Waals surface area contributed by atoms with Crippen LogP contribution >= 0.6 is 0 Å². The van der Waals surface area contributed by atoms with Gasteiger partial charge in [0.05, 0.1) is 11.4 Å². The van der Waals surface area contributed by atoms with Gasteiger partial charge in [-0.3, -0.25) is 4.99 Å². The van der Waals surface area contributed by atoms with Crippen LogP contribution in [0.2, 0.25) is 0 Å². The average Bonchev–Trinajstić information content (AvgIpc) is 3.02. The first-order chi connectivity index (χ1) is 14.1. The molecule has 8 heteroatoms. The summed E-state index contributed by atoms with van der Waals surface area (Å²) in [5.74, 6) is 0.821. The van der Waals surface area contributed by atoms with Crippen LogP contribution in [0.15, 0.2) is 29.3 Å². The lowest BCUT2D eigenvalue weighted by Crippen LogP contribution is -2.72. The number of likely N-dealkylation sites (tertiary alicyclic amines) is 1. The van der Waals surface area contributed by atoms with Crippen molar-refractivity contribution in [2.45, 2.75) is 46.1 Å². The lowest BCUT2D eigenvalue weighted by atomic mass is 9.65. The molecular weight excluding hydrogens is 381 g/mol. The van der Waals surface area contributed by atoms with E-state index in [0.717, 1.165) is 18.9 Å². The van der Waals surface area contributed by atoms with Crippen molar-refractivity contribution in [1.29, 1.82) is 5.26 Å². The topological polar surface area (TPSA) is 95.3 Å². The van der Waals surface area contributed by atoms with Crippen LogP contribution in [-0.4, -0.2) is 46.3 Å². The number of nitrogens with zero attached hydrogens (tertiary/aromatic N) is 5. The summed E-state index contributed by atoms with van der Waals surface area (Å²) in [6.07, 6.45) is 1.37. The lowest BCUT2D eigenvalue weighted by molar-refractivity contribution is -0.0667. The SMILES string of the molecule is CN=C(NCCCc1nn(-c2ccc(F)cc2)c(N)c1C#N)N1CC(C)(C)C1(C)C. The Morgan fingerprint density at radius 1 is 1.30 bits per heavy atom. The number of aliphatic imine (C=N–C) groups is 1. The molecule has 0 unspecified atom stereocenters. The standard InChI is InChI=1S/C22H30FN7/c1-21(2)14-29(22(21,3)4)20(26-5)27-12-6-7-18-17(13-24)19(25)30(28-18)16-10-8-15(23)9-11-16/h8-11H,6-7,12,14,25H2,1-5H3,(H,26,27). The number of hydrogen-bond donors (Lipinski definition) is 2. The molecule has 0 bridgehead atoms. The number of aromatic nitrogens is 2. The molecule has 3 N–H and O–H groups in total. The zero-order valence-corrected chi connectivity index (χ0v) is 18.3. The third-order valence-electron chi connectivity index (χ3n) is 6.40. The number of anilines is 1. The maximum atomic E-state index is 13.2. The predicted molar refractivity (Wildman–Crippen MR) is 117 cm³/mol. The van der Waals surface area contributed by atoms with Crippen LogP contribution in [0.1, 0.15) is 45.4 Å². The van der Waals surface area contributed by atoms with Crippen molar-refractivity contribution in [3.8, 4) is 11.8 Å². The summed E-state index contributed by atoms with van der Waals surface area (Å²) in [4.78, 5) is 6.71. The molecule has 0 spiro atoms. The second kappa shape index (κ2) is 7.98. The highest BCUT2D eigenvalue weighted by Gasteiger charge is 2.53. The maximum absolute atomic E-state index is 13.2. The number of nitrogen functional groups attached to an aromatic ring is 1. The van der Waals surface area contributed by atoms with Crippen LogP contribution in [0.25, 0.3) is 5.69 Å². The van der Waals surface area contributed by atoms with Gasteiger partial charge in [-0.1, -0.05) is 13.8 Å². The molecule has 1 saturated heterocycles. The molecule has 1 aliphatic rings. The number of nitrogens with one attached hydrogen (secondary N) is 1. The second-order valence-corrected chi connectivity index (χ2v) is 8.81. The summed E-state index contributed by atoms with van der Waals surface area (Å²) in [6, 6.07) is 8.01. The summed E-state index contributed by atoms with van der Waals surface area (Å²) in [5.41, 5.74) is 8.02. The third kappa shape index (κ3) is 3.72. The Morgan fingerprint density at radius 2 is 1.97 bits per heavy atom. The van der Waals surface area contributed by atoms with Gasteiger partial charge >= 0.3 is 0 Å². The Hall–Kier alpha value is -3.08. The number of rotatable bonds is 5. The van der Waals surface area contributed by atoms with Crippen LogP contribution < -0.4 is 11.1 Å². The smallest absolute Gasteiger partial charge is 0.194 e. The number of guanidine groups is 1. The molecule has 0 aliphatic carbocycles. The van der Waals surface area contributed by atoms with Gasteiger partial charge in [0.1, 0.15) is 23.3 Å². The highest BCUT2D eigenvalue weighted by Crippen LogP contribution is 2.46. The molecule has 0 atom stereocenters. The van der Waals surface area contributed by atoms with Crippen LogP contribution in [0, 0.1) is 22.6 Å². The van der Waals surface area contributed by atoms with Crippen molar-refractivity contribution >= 4 is 11.8 Å². The van der Waals surface area contributed by atoms with Crippen molar-refractivity contribution in [2.75, 3.05) is 25.9 Å². The van der Waals surface area contributed by atoms with Gasteiger partial charge < -0.3 is 16.0 Å². The zero-order valence-electron chi connectivity index (χ0n) is 18.3. The molecule has 1 fully saturated rings. The molecule has 2 heterocycles. The average molecular weight is 412 g/mol. The Kier molecular flexibility index (Phi) is 5.75. The van der Waals surface area contributed by atoms with E-state index in [0.29, 0.717) is 29.9 Å². The fraction of sp³-hybridized carbons (Fsp3) is 0.500. The van der Waals surface area contributed by atoms with E-state index in [9.17, 15) is 9.65 Å². The largest absolute Gasteiger partial charge is 0.382 e. The highest BCUT2D eigenvalue weighted by molar-refractivity contribution is 5.82. The van der Waals surface area contributed by atoms with E-state index in [4.69, 9.17) is 5.73 Å².